The summed E-state index contributed by atoms with van der Waals surface area (Å²) in [5.41, 5.74) is 0.435. The van der Waals surface area contributed by atoms with Crippen LogP contribution in [-0.4, -0.2) is 28.6 Å². The first-order valence-electron chi connectivity index (χ1n) is 7.69. The monoisotopic (exact) mass is 312 g/mol. The second-order valence-electron chi connectivity index (χ2n) is 6.72. The number of thiazole rings is 1. The molecule has 0 bridgehead atoms. The van der Waals surface area contributed by atoms with Crippen LogP contribution in [0.2, 0.25) is 0 Å². The molecule has 0 aromatic carbocycles. The number of carbonyl (C=O) groups is 1. The largest absolute Gasteiger partial charge is 0.477 e. The van der Waals surface area contributed by atoms with Gasteiger partial charge >= 0.3 is 5.97 Å². The van der Waals surface area contributed by atoms with Crippen molar-refractivity contribution in [3.05, 3.63) is 10.6 Å². The Morgan fingerprint density at radius 2 is 1.95 bits per heavy atom. The predicted octanol–water partition coefficient (Wildman–Crippen LogP) is 4.54. The number of hydrogen-bond acceptors (Lipinski definition) is 4. The van der Waals surface area contributed by atoms with Crippen molar-refractivity contribution < 1.29 is 9.90 Å². The highest BCUT2D eigenvalue weighted by molar-refractivity contribution is 7.17. The highest BCUT2D eigenvalue weighted by Gasteiger charge is 2.29. The molecule has 120 valence electrons. The summed E-state index contributed by atoms with van der Waals surface area (Å²) in [4.78, 5) is 18.8. The molecule has 21 heavy (non-hydrogen) atoms. The Balaban J connectivity index is 3.12. The van der Waals surface area contributed by atoms with E-state index in [-0.39, 0.29) is 5.41 Å². The lowest BCUT2D eigenvalue weighted by Gasteiger charge is -2.26. The molecule has 1 aromatic heterocycles. The van der Waals surface area contributed by atoms with E-state index in [0.717, 1.165) is 18.1 Å². The van der Waals surface area contributed by atoms with Crippen LogP contribution in [0.4, 0.5) is 5.13 Å². The summed E-state index contributed by atoms with van der Waals surface area (Å²) in [6, 6.07) is 0.322. The quantitative estimate of drug-likeness (QED) is 0.751. The van der Waals surface area contributed by atoms with Gasteiger partial charge in [0, 0.05) is 18.0 Å². The lowest BCUT2D eigenvalue weighted by Crippen LogP contribution is -2.31. The van der Waals surface area contributed by atoms with E-state index >= 15 is 0 Å². The number of unbranched alkanes of at least 4 members (excludes halogenated alkanes) is 2. The third kappa shape index (κ3) is 4.70. The van der Waals surface area contributed by atoms with Crippen molar-refractivity contribution in [1.82, 2.24) is 4.98 Å². The molecular formula is C16H28N2O2S. The van der Waals surface area contributed by atoms with Crippen molar-refractivity contribution in [3.8, 4) is 0 Å². The number of anilines is 1. The highest BCUT2D eigenvalue weighted by atomic mass is 32.1. The Hall–Kier alpha value is -1.10. The van der Waals surface area contributed by atoms with E-state index in [1.54, 1.807) is 0 Å². The van der Waals surface area contributed by atoms with Crippen LogP contribution in [0, 0.1) is 0 Å². The highest BCUT2D eigenvalue weighted by Crippen LogP contribution is 2.34. The number of aromatic carboxylic acids is 1. The van der Waals surface area contributed by atoms with E-state index in [4.69, 9.17) is 0 Å². The van der Waals surface area contributed by atoms with Gasteiger partial charge < -0.3 is 10.0 Å². The second-order valence-corrected chi connectivity index (χ2v) is 7.70. The van der Waals surface area contributed by atoms with Crippen LogP contribution in [0.15, 0.2) is 0 Å². The minimum atomic E-state index is -0.874. The minimum absolute atomic E-state index is 0.255. The van der Waals surface area contributed by atoms with Gasteiger partial charge in [-0.2, -0.15) is 0 Å². The third-order valence-electron chi connectivity index (χ3n) is 3.39. The summed E-state index contributed by atoms with van der Waals surface area (Å²) in [5, 5.41) is 10.3. The molecule has 0 atom stereocenters. The summed E-state index contributed by atoms with van der Waals surface area (Å²) in [6.45, 7) is 13.4. The van der Waals surface area contributed by atoms with Gasteiger partial charge in [0.25, 0.3) is 0 Å². The fourth-order valence-electron chi connectivity index (χ4n) is 2.19. The van der Waals surface area contributed by atoms with Crippen LogP contribution in [0.25, 0.3) is 0 Å². The van der Waals surface area contributed by atoms with Gasteiger partial charge in [0.05, 0.1) is 5.69 Å². The smallest absolute Gasteiger partial charge is 0.347 e. The Kier molecular flexibility index (Phi) is 6.20. The van der Waals surface area contributed by atoms with Crippen molar-refractivity contribution in [2.24, 2.45) is 0 Å². The third-order valence-corrected chi connectivity index (χ3v) is 4.47. The molecule has 0 saturated heterocycles. The zero-order chi connectivity index (χ0) is 16.2. The number of carboxylic acid groups (broad SMARTS) is 1. The SMILES string of the molecule is CCCCCN(c1nc(C(C)(C)C)c(C(=O)O)s1)C(C)C. The Morgan fingerprint density at radius 1 is 1.33 bits per heavy atom. The second kappa shape index (κ2) is 7.25. The molecule has 0 fully saturated rings. The molecule has 0 radical (unpaired) electrons. The Morgan fingerprint density at radius 3 is 2.33 bits per heavy atom. The van der Waals surface area contributed by atoms with Gasteiger partial charge in [0.1, 0.15) is 4.88 Å². The fourth-order valence-corrected chi connectivity index (χ4v) is 3.47. The molecule has 1 heterocycles. The molecule has 1 rings (SSSR count). The average molecular weight is 312 g/mol. The van der Waals surface area contributed by atoms with Gasteiger partial charge in [-0.15, -0.1) is 0 Å². The topological polar surface area (TPSA) is 53.4 Å². The first-order valence-corrected chi connectivity index (χ1v) is 8.51. The number of nitrogens with zero attached hydrogens (tertiary/aromatic N) is 2. The minimum Gasteiger partial charge on any atom is -0.477 e. The van der Waals surface area contributed by atoms with Crippen molar-refractivity contribution in [2.75, 3.05) is 11.4 Å². The van der Waals surface area contributed by atoms with Crippen LogP contribution >= 0.6 is 11.3 Å². The molecular weight excluding hydrogens is 284 g/mol. The van der Waals surface area contributed by atoms with Gasteiger partial charge in [0.2, 0.25) is 0 Å². The molecule has 0 aliphatic heterocycles. The van der Waals surface area contributed by atoms with Gasteiger partial charge in [-0.05, 0) is 20.3 Å². The number of aromatic nitrogens is 1. The lowest BCUT2D eigenvalue weighted by molar-refractivity contribution is 0.0699. The molecule has 1 aromatic rings. The average Bonchev–Trinajstić information content (AvgIpc) is 2.78. The Labute approximate surface area is 132 Å². The van der Waals surface area contributed by atoms with Crippen molar-refractivity contribution >= 4 is 22.4 Å². The maximum Gasteiger partial charge on any atom is 0.347 e. The molecule has 1 N–H and O–H groups in total. The van der Waals surface area contributed by atoms with E-state index in [9.17, 15) is 9.90 Å². The summed E-state index contributed by atoms with van der Waals surface area (Å²) in [7, 11) is 0. The first-order chi connectivity index (χ1) is 9.68. The van der Waals surface area contributed by atoms with Gasteiger partial charge in [-0.25, -0.2) is 9.78 Å². The summed E-state index contributed by atoms with van der Waals surface area (Å²) in [5.74, 6) is -0.874. The maximum absolute atomic E-state index is 11.5. The Bertz CT molecular complexity index is 475. The zero-order valence-electron chi connectivity index (χ0n) is 14.1. The summed E-state index contributed by atoms with van der Waals surface area (Å²) < 4.78 is 0. The molecule has 0 aliphatic carbocycles. The standard InChI is InChI=1S/C16H28N2O2S/c1-7-8-9-10-18(11(2)3)15-17-13(16(4,5)6)12(21-15)14(19)20/h11H,7-10H2,1-6H3,(H,19,20). The van der Waals surface area contributed by atoms with Gasteiger partial charge in [-0.3, -0.25) is 0 Å². The predicted molar refractivity (Wildman–Crippen MR) is 89.8 cm³/mol. The normalized spacial score (nSPS) is 12.0. The zero-order valence-corrected chi connectivity index (χ0v) is 14.9. The van der Waals surface area contributed by atoms with Crippen LogP contribution < -0.4 is 4.90 Å². The summed E-state index contributed by atoms with van der Waals surface area (Å²) >= 11 is 1.30. The molecule has 5 heteroatoms. The van der Waals surface area contributed by atoms with E-state index in [1.807, 2.05) is 20.8 Å². The number of hydrogen-bond donors (Lipinski definition) is 1. The van der Waals surface area contributed by atoms with E-state index in [2.05, 4.69) is 30.7 Å². The van der Waals surface area contributed by atoms with Crippen LogP contribution in [0.5, 0.6) is 0 Å². The van der Waals surface area contributed by atoms with Gasteiger partial charge in [-0.1, -0.05) is 51.9 Å². The fraction of sp³-hybridized carbons (Fsp3) is 0.750. The molecule has 0 saturated carbocycles. The van der Waals surface area contributed by atoms with Crippen molar-refractivity contribution in [1.29, 1.82) is 0 Å². The number of carboxylic acids is 1. The van der Waals surface area contributed by atoms with E-state index in [0.29, 0.717) is 16.6 Å². The molecule has 0 aliphatic rings. The molecule has 0 amide bonds. The molecule has 0 unspecified atom stereocenters. The van der Waals surface area contributed by atoms with Crippen LogP contribution in [0.3, 0.4) is 0 Å². The first kappa shape index (κ1) is 18.0. The van der Waals surface area contributed by atoms with Crippen molar-refractivity contribution in [3.63, 3.8) is 0 Å². The molecule has 4 nitrogen and oxygen atoms in total. The van der Waals surface area contributed by atoms with Gasteiger partial charge in [0.15, 0.2) is 5.13 Å². The van der Waals surface area contributed by atoms with Crippen LogP contribution in [-0.2, 0) is 5.41 Å². The number of rotatable bonds is 7. The maximum atomic E-state index is 11.5. The molecule has 0 spiro atoms. The lowest BCUT2D eigenvalue weighted by atomic mass is 9.91. The van der Waals surface area contributed by atoms with E-state index in [1.165, 1.54) is 24.2 Å². The van der Waals surface area contributed by atoms with Crippen molar-refractivity contribution in [2.45, 2.75) is 72.3 Å². The summed E-state index contributed by atoms with van der Waals surface area (Å²) in [6.07, 6.45) is 3.48. The van der Waals surface area contributed by atoms with Crippen LogP contribution in [0.1, 0.15) is 76.2 Å². The van der Waals surface area contributed by atoms with E-state index < -0.39 is 5.97 Å².